The number of amides is 1. The molecular formula is C23H26FN5O2. The molecule has 162 valence electrons. The third-order valence-electron chi connectivity index (χ3n) is 5.32. The number of benzene rings is 2. The summed E-state index contributed by atoms with van der Waals surface area (Å²) in [6.45, 7) is 4.86. The number of aromatic nitrogens is 3. The van der Waals surface area contributed by atoms with Crippen molar-refractivity contribution in [2.45, 2.75) is 32.5 Å². The van der Waals surface area contributed by atoms with Crippen molar-refractivity contribution in [1.82, 2.24) is 25.0 Å². The Morgan fingerprint density at radius 1 is 1.13 bits per heavy atom. The van der Waals surface area contributed by atoms with Crippen molar-refractivity contribution in [3.05, 3.63) is 77.6 Å². The van der Waals surface area contributed by atoms with Crippen molar-refractivity contribution >= 4 is 5.91 Å². The van der Waals surface area contributed by atoms with Gasteiger partial charge in [0.05, 0.1) is 6.04 Å². The zero-order chi connectivity index (χ0) is 21.6. The fourth-order valence-electron chi connectivity index (χ4n) is 3.77. The Balaban J connectivity index is 1.33. The van der Waals surface area contributed by atoms with Gasteiger partial charge in [0.2, 0.25) is 0 Å². The average molecular weight is 423 g/mol. The molecule has 7 nitrogen and oxygen atoms in total. The van der Waals surface area contributed by atoms with Crippen LogP contribution in [0.2, 0.25) is 0 Å². The van der Waals surface area contributed by atoms with Crippen molar-refractivity contribution in [3.63, 3.8) is 0 Å². The van der Waals surface area contributed by atoms with Gasteiger partial charge in [0.1, 0.15) is 17.4 Å². The van der Waals surface area contributed by atoms with E-state index >= 15 is 0 Å². The molecule has 0 saturated carbocycles. The van der Waals surface area contributed by atoms with Crippen LogP contribution in [-0.2, 0) is 24.3 Å². The highest BCUT2D eigenvalue weighted by molar-refractivity contribution is 5.77. The van der Waals surface area contributed by atoms with E-state index < -0.39 is 0 Å². The zero-order valence-electron chi connectivity index (χ0n) is 17.5. The molecule has 0 bridgehead atoms. The summed E-state index contributed by atoms with van der Waals surface area (Å²) in [6, 6.07) is 15.7. The van der Waals surface area contributed by atoms with Crippen molar-refractivity contribution in [3.8, 4) is 5.75 Å². The third kappa shape index (κ3) is 5.46. The van der Waals surface area contributed by atoms with Gasteiger partial charge in [-0.2, -0.15) is 0 Å². The maximum atomic E-state index is 13.5. The SMILES string of the molecule is C[C@H](NC(=O)COc1ccccc1)c1nnc2n1CCN(Cc1cccc(F)c1)CC2. The fourth-order valence-corrected chi connectivity index (χ4v) is 3.77. The summed E-state index contributed by atoms with van der Waals surface area (Å²) in [4.78, 5) is 14.6. The monoisotopic (exact) mass is 423 g/mol. The predicted molar refractivity (Wildman–Crippen MR) is 114 cm³/mol. The number of fused-ring (bicyclic) bond motifs is 1. The summed E-state index contributed by atoms with van der Waals surface area (Å²) in [5.74, 6) is 1.86. The van der Waals surface area contributed by atoms with E-state index in [0.29, 0.717) is 18.8 Å². The second-order valence-corrected chi connectivity index (χ2v) is 7.67. The molecule has 31 heavy (non-hydrogen) atoms. The molecule has 2 heterocycles. The van der Waals surface area contributed by atoms with Crippen LogP contribution in [0.15, 0.2) is 54.6 Å². The molecule has 0 spiro atoms. The van der Waals surface area contributed by atoms with Gasteiger partial charge in [-0.1, -0.05) is 30.3 Å². The molecule has 1 aliphatic heterocycles. The number of nitrogens with zero attached hydrogens (tertiary/aromatic N) is 4. The van der Waals surface area contributed by atoms with E-state index in [-0.39, 0.29) is 24.4 Å². The van der Waals surface area contributed by atoms with Crippen molar-refractivity contribution < 1.29 is 13.9 Å². The highest BCUT2D eigenvalue weighted by atomic mass is 19.1. The van der Waals surface area contributed by atoms with E-state index in [1.807, 2.05) is 43.3 Å². The molecule has 8 heteroatoms. The summed E-state index contributed by atoms with van der Waals surface area (Å²) in [6.07, 6.45) is 0.750. The van der Waals surface area contributed by atoms with Crippen molar-refractivity contribution in [2.75, 3.05) is 19.7 Å². The van der Waals surface area contributed by atoms with Crippen LogP contribution in [0.5, 0.6) is 5.75 Å². The molecule has 2 aromatic carbocycles. The van der Waals surface area contributed by atoms with Crippen LogP contribution in [-0.4, -0.2) is 45.3 Å². The smallest absolute Gasteiger partial charge is 0.258 e. The molecule has 0 fully saturated rings. The van der Waals surface area contributed by atoms with Gasteiger partial charge in [-0.05, 0) is 36.8 Å². The van der Waals surface area contributed by atoms with Crippen LogP contribution in [0.3, 0.4) is 0 Å². The van der Waals surface area contributed by atoms with Crippen LogP contribution in [0.1, 0.15) is 30.2 Å². The molecule has 1 amide bonds. The van der Waals surface area contributed by atoms with Gasteiger partial charge in [0, 0.05) is 32.6 Å². The van der Waals surface area contributed by atoms with Gasteiger partial charge in [-0.15, -0.1) is 10.2 Å². The Bertz CT molecular complexity index is 1020. The van der Waals surface area contributed by atoms with Gasteiger partial charge in [-0.25, -0.2) is 4.39 Å². The highest BCUT2D eigenvalue weighted by Gasteiger charge is 2.23. The molecular weight excluding hydrogens is 397 g/mol. The van der Waals surface area contributed by atoms with Crippen molar-refractivity contribution in [2.24, 2.45) is 0 Å². The Morgan fingerprint density at radius 2 is 1.97 bits per heavy atom. The summed E-state index contributed by atoms with van der Waals surface area (Å²) in [7, 11) is 0. The fraction of sp³-hybridized carbons (Fsp3) is 0.348. The first-order valence-corrected chi connectivity index (χ1v) is 10.4. The molecule has 1 N–H and O–H groups in total. The minimum absolute atomic E-state index is 0.0588. The maximum Gasteiger partial charge on any atom is 0.258 e. The molecule has 0 aliphatic carbocycles. The lowest BCUT2D eigenvalue weighted by molar-refractivity contribution is -0.123. The van der Waals surface area contributed by atoms with Crippen molar-refractivity contribution in [1.29, 1.82) is 0 Å². The minimum atomic E-state index is -0.289. The Morgan fingerprint density at radius 3 is 2.77 bits per heavy atom. The summed E-state index contributed by atoms with van der Waals surface area (Å²) >= 11 is 0. The largest absolute Gasteiger partial charge is 0.484 e. The number of rotatable bonds is 7. The summed E-state index contributed by atoms with van der Waals surface area (Å²) in [5.41, 5.74) is 0.955. The van der Waals surface area contributed by atoms with Gasteiger partial charge in [0.25, 0.3) is 5.91 Å². The standard InChI is InChI=1S/C23H26FN5O2/c1-17(25-22(30)16-31-20-8-3-2-4-9-20)23-27-26-21-10-11-28(12-13-29(21)23)15-18-6-5-7-19(24)14-18/h2-9,14,17H,10-13,15-16H2,1H3,(H,25,30)/t17-/m0/s1. The second kappa shape index (κ2) is 9.70. The average Bonchev–Trinajstić information content (AvgIpc) is 3.08. The van der Waals surface area contributed by atoms with E-state index in [9.17, 15) is 9.18 Å². The molecule has 3 aromatic rings. The third-order valence-corrected chi connectivity index (χ3v) is 5.32. The van der Waals surface area contributed by atoms with Gasteiger partial charge < -0.3 is 14.6 Å². The summed E-state index contributed by atoms with van der Waals surface area (Å²) < 4.78 is 21.1. The lowest BCUT2D eigenvalue weighted by atomic mass is 10.2. The van der Waals surface area contributed by atoms with Crippen LogP contribution in [0, 0.1) is 5.82 Å². The number of hydrogen-bond acceptors (Lipinski definition) is 5. The Hall–Kier alpha value is -3.26. The number of carbonyl (C=O) groups is 1. The first kappa shape index (κ1) is 21.0. The number of carbonyl (C=O) groups excluding carboxylic acids is 1. The Kier molecular flexibility index (Phi) is 6.57. The number of nitrogens with one attached hydrogen (secondary N) is 1. The highest BCUT2D eigenvalue weighted by Crippen LogP contribution is 2.17. The topological polar surface area (TPSA) is 72.3 Å². The van der Waals surface area contributed by atoms with E-state index in [4.69, 9.17) is 4.74 Å². The van der Waals surface area contributed by atoms with Crippen LogP contribution in [0.4, 0.5) is 4.39 Å². The van der Waals surface area contributed by atoms with E-state index in [0.717, 1.165) is 36.7 Å². The number of para-hydroxylation sites is 1. The van der Waals surface area contributed by atoms with Crippen LogP contribution < -0.4 is 10.1 Å². The second-order valence-electron chi connectivity index (χ2n) is 7.67. The van der Waals surface area contributed by atoms with Gasteiger partial charge >= 0.3 is 0 Å². The maximum absolute atomic E-state index is 13.5. The molecule has 4 rings (SSSR count). The molecule has 1 aliphatic rings. The number of hydrogen-bond donors (Lipinski definition) is 1. The molecule has 0 radical (unpaired) electrons. The van der Waals surface area contributed by atoms with E-state index in [1.165, 1.54) is 6.07 Å². The minimum Gasteiger partial charge on any atom is -0.484 e. The molecule has 1 aromatic heterocycles. The number of halogens is 1. The molecule has 0 unspecified atom stereocenters. The van der Waals surface area contributed by atoms with Gasteiger partial charge in [0.15, 0.2) is 12.4 Å². The predicted octanol–water partition coefficient (Wildman–Crippen LogP) is 2.73. The normalized spacial score (nSPS) is 15.0. The lowest BCUT2D eigenvalue weighted by Gasteiger charge is -2.20. The van der Waals surface area contributed by atoms with Crippen LogP contribution in [0.25, 0.3) is 0 Å². The zero-order valence-corrected chi connectivity index (χ0v) is 17.5. The summed E-state index contributed by atoms with van der Waals surface area (Å²) in [5, 5.41) is 11.6. The lowest BCUT2D eigenvalue weighted by Crippen LogP contribution is -2.33. The first-order chi connectivity index (χ1) is 15.1. The molecule has 1 atom stereocenters. The molecule has 0 saturated heterocycles. The van der Waals surface area contributed by atoms with E-state index in [2.05, 4.69) is 25.0 Å². The van der Waals surface area contributed by atoms with Gasteiger partial charge in [-0.3, -0.25) is 9.69 Å². The quantitative estimate of drug-likeness (QED) is 0.633. The Labute approximate surface area is 180 Å². The number of ether oxygens (including phenoxy) is 1. The van der Waals surface area contributed by atoms with Crippen LogP contribution >= 0.6 is 0 Å². The first-order valence-electron chi connectivity index (χ1n) is 10.4. The van der Waals surface area contributed by atoms with E-state index in [1.54, 1.807) is 12.1 Å².